The van der Waals surface area contributed by atoms with E-state index in [2.05, 4.69) is 20.8 Å². The maximum absolute atomic E-state index is 12.1. The standard InChI is InChI=1S/C20H20N4O3/c1-13-6-8-15(9-7-13)20-24-23-19(27-20)11-10-18(26)22-17-5-3-4-16(12-17)21-14(2)25/h3-9,12H,10-11H2,1-2H3,(H,21,25)(H,22,26). The highest BCUT2D eigenvalue weighted by Gasteiger charge is 2.11. The van der Waals surface area contributed by atoms with Crippen LogP contribution in [0.15, 0.2) is 52.9 Å². The van der Waals surface area contributed by atoms with Crippen LogP contribution in [0.5, 0.6) is 0 Å². The van der Waals surface area contributed by atoms with Crippen molar-refractivity contribution in [1.82, 2.24) is 10.2 Å². The molecule has 0 bridgehead atoms. The fourth-order valence-corrected chi connectivity index (χ4v) is 2.49. The van der Waals surface area contributed by atoms with E-state index in [1.807, 2.05) is 31.2 Å². The number of nitrogens with zero attached hydrogens (tertiary/aromatic N) is 2. The third kappa shape index (κ3) is 5.24. The van der Waals surface area contributed by atoms with E-state index in [1.54, 1.807) is 24.3 Å². The quantitative estimate of drug-likeness (QED) is 0.697. The van der Waals surface area contributed by atoms with Crippen LogP contribution in [0.1, 0.15) is 24.8 Å². The number of aromatic nitrogens is 2. The first-order valence-electron chi connectivity index (χ1n) is 8.56. The average molecular weight is 364 g/mol. The third-order valence-corrected chi connectivity index (χ3v) is 3.80. The highest BCUT2D eigenvalue weighted by Crippen LogP contribution is 2.19. The predicted molar refractivity (Wildman–Crippen MR) is 102 cm³/mol. The summed E-state index contributed by atoms with van der Waals surface area (Å²) >= 11 is 0. The maximum atomic E-state index is 12.1. The molecule has 2 amide bonds. The summed E-state index contributed by atoms with van der Waals surface area (Å²) in [4.78, 5) is 23.3. The van der Waals surface area contributed by atoms with Crippen molar-refractivity contribution in [3.05, 3.63) is 60.0 Å². The van der Waals surface area contributed by atoms with Crippen molar-refractivity contribution in [1.29, 1.82) is 0 Å². The molecule has 0 aliphatic rings. The minimum absolute atomic E-state index is 0.167. The lowest BCUT2D eigenvalue weighted by Gasteiger charge is -2.07. The van der Waals surface area contributed by atoms with E-state index >= 15 is 0 Å². The van der Waals surface area contributed by atoms with E-state index in [0.717, 1.165) is 11.1 Å². The lowest BCUT2D eigenvalue weighted by molar-refractivity contribution is -0.116. The van der Waals surface area contributed by atoms with Gasteiger partial charge in [-0.2, -0.15) is 0 Å². The Bertz CT molecular complexity index is 948. The highest BCUT2D eigenvalue weighted by atomic mass is 16.4. The topological polar surface area (TPSA) is 97.1 Å². The molecular weight excluding hydrogens is 344 g/mol. The van der Waals surface area contributed by atoms with Crippen LogP contribution in [-0.4, -0.2) is 22.0 Å². The molecule has 0 fully saturated rings. The smallest absolute Gasteiger partial charge is 0.247 e. The molecule has 7 nitrogen and oxygen atoms in total. The summed E-state index contributed by atoms with van der Waals surface area (Å²) < 4.78 is 5.62. The van der Waals surface area contributed by atoms with Crippen molar-refractivity contribution >= 4 is 23.2 Å². The van der Waals surface area contributed by atoms with Gasteiger partial charge in [-0.15, -0.1) is 10.2 Å². The van der Waals surface area contributed by atoms with Gasteiger partial charge in [0, 0.05) is 36.7 Å². The summed E-state index contributed by atoms with van der Waals surface area (Å²) in [5, 5.41) is 13.5. The van der Waals surface area contributed by atoms with Crippen LogP contribution < -0.4 is 10.6 Å². The molecule has 0 radical (unpaired) electrons. The molecule has 3 aromatic rings. The Balaban J connectivity index is 1.55. The van der Waals surface area contributed by atoms with Crippen molar-refractivity contribution in [3.63, 3.8) is 0 Å². The molecule has 0 aliphatic carbocycles. The van der Waals surface area contributed by atoms with Crippen LogP contribution in [0.2, 0.25) is 0 Å². The van der Waals surface area contributed by atoms with Crippen LogP contribution in [-0.2, 0) is 16.0 Å². The Morgan fingerprint density at radius 3 is 2.41 bits per heavy atom. The van der Waals surface area contributed by atoms with E-state index in [-0.39, 0.29) is 18.2 Å². The third-order valence-electron chi connectivity index (χ3n) is 3.80. The molecule has 0 saturated heterocycles. The Hall–Kier alpha value is -3.48. The summed E-state index contributed by atoms with van der Waals surface area (Å²) in [7, 11) is 0. The first kappa shape index (κ1) is 18.3. The van der Waals surface area contributed by atoms with E-state index in [4.69, 9.17) is 4.42 Å². The largest absolute Gasteiger partial charge is 0.421 e. The summed E-state index contributed by atoms with van der Waals surface area (Å²) in [5.74, 6) is 0.505. The first-order chi connectivity index (χ1) is 13.0. The van der Waals surface area contributed by atoms with Gasteiger partial charge in [0.2, 0.25) is 23.6 Å². The molecule has 0 aliphatic heterocycles. The fraction of sp³-hybridized carbons (Fsp3) is 0.200. The fourth-order valence-electron chi connectivity index (χ4n) is 2.49. The number of amides is 2. The number of benzene rings is 2. The van der Waals surface area contributed by atoms with Crippen LogP contribution >= 0.6 is 0 Å². The molecule has 2 aromatic carbocycles. The number of nitrogens with one attached hydrogen (secondary N) is 2. The molecule has 27 heavy (non-hydrogen) atoms. The number of aryl methyl sites for hydroxylation is 2. The van der Waals surface area contributed by atoms with Gasteiger partial charge in [0.15, 0.2) is 0 Å². The minimum atomic E-state index is -0.176. The first-order valence-corrected chi connectivity index (χ1v) is 8.56. The Morgan fingerprint density at radius 1 is 1.00 bits per heavy atom. The summed E-state index contributed by atoms with van der Waals surface area (Å²) in [6.45, 7) is 3.44. The molecule has 138 valence electrons. The van der Waals surface area contributed by atoms with Crippen molar-refractivity contribution in [2.75, 3.05) is 10.6 Å². The second kappa shape index (κ2) is 8.27. The van der Waals surface area contributed by atoms with Crippen LogP contribution in [0, 0.1) is 6.92 Å². The predicted octanol–water partition coefficient (Wildman–Crippen LogP) is 3.57. The number of rotatable bonds is 6. The highest BCUT2D eigenvalue weighted by molar-refractivity contribution is 5.93. The molecule has 0 unspecified atom stereocenters. The number of carbonyl (C=O) groups excluding carboxylic acids is 2. The van der Waals surface area contributed by atoms with Gasteiger partial charge in [-0.05, 0) is 37.3 Å². The number of hydrogen-bond acceptors (Lipinski definition) is 5. The number of carbonyl (C=O) groups is 2. The molecular formula is C20H20N4O3. The molecule has 1 heterocycles. The van der Waals surface area contributed by atoms with Gasteiger partial charge in [-0.25, -0.2) is 0 Å². The minimum Gasteiger partial charge on any atom is -0.421 e. The summed E-state index contributed by atoms with van der Waals surface area (Å²) in [5.41, 5.74) is 3.23. The molecule has 3 rings (SSSR count). The number of hydrogen-bond donors (Lipinski definition) is 2. The molecule has 1 aromatic heterocycles. The van der Waals surface area contributed by atoms with Crippen molar-refractivity contribution in [3.8, 4) is 11.5 Å². The van der Waals surface area contributed by atoms with Gasteiger partial charge < -0.3 is 15.1 Å². The normalized spacial score (nSPS) is 10.4. The zero-order valence-electron chi connectivity index (χ0n) is 15.2. The summed E-state index contributed by atoms with van der Waals surface area (Å²) in [6.07, 6.45) is 0.552. The van der Waals surface area contributed by atoms with E-state index in [9.17, 15) is 9.59 Å². The van der Waals surface area contributed by atoms with Gasteiger partial charge in [0.1, 0.15) is 0 Å². The molecule has 2 N–H and O–H groups in total. The molecule has 7 heteroatoms. The van der Waals surface area contributed by atoms with Crippen molar-refractivity contribution < 1.29 is 14.0 Å². The lowest BCUT2D eigenvalue weighted by atomic mass is 10.1. The Labute approximate surface area is 156 Å². The maximum Gasteiger partial charge on any atom is 0.247 e. The Morgan fingerprint density at radius 2 is 1.70 bits per heavy atom. The SMILES string of the molecule is CC(=O)Nc1cccc(NC(=O)CCc2nnc(-c3ccc(C)cc3)o2)c1. The van der Waals surface area contributed by atoms with Crippen LogP contribution in [0.25, 0.3) is 11.5 Å². The van der Waals surface area contributed by atoms with Gasteiger partial charge >= 0.3 is 0 Å². The van der Waals surface area contributed by atoms with Gasteiger partial charge in [0.25, 0.3) is 0 Å². The van der Waals surface area contributed by atoms with Crippen LogP contribution in [0.4, 0.5) is 11.4 Å². The van der Waals surface area contributed by atoms with Crippen molar-refractivity contribution in [2.24, 2.45) is 0 Å². The lowest BCUT2D eigenvalue weighted by Crippen LogP contribution is -2.13. The second-order valence-corrected chi connectivity index (χ2v) is 6.18. The average Bonchev–Trinajstić information content (AvgIpc) is 3.09. The zero-order chi connectivity index (χ0) is 19.2. The molecule has 0 saturated carbocycles. The van der Waals surface area contributed by atoms with E-state index in [1.165, 1.54) is 6.92 Å². The summed E-state index contributed by atoms with van der Waals surface area (Å²) in [6, 6.07) is 14.7. The molecule has 0 atom stereocenters. The van der Waals surface area contributed by atoms with Gasteiger partial charge in [-0.1, -0.05) is 23.8 Å². The van der Waals surface area contributed by atoms with Gasteiger partial charge in [-0.3, -0.25) is 9.59 Å². The second-order valence-electron chi connectivity index (χ2n) is 6.18. The Kier molecular flexibility index (Phi) is 5.61. The zero-order valence-corrected chi connectivity index (χ0v) is 15.2. The van der Waals surface area contributed by atoms with Gasteiger partial charge in [0.05, 0.1) is 0 Å². The monoisotopic (exact) mass is 364 g/mol. The molecule has 0 spiro atoms. The van der Waals surface area contributed by atoms with E-state index < -0.39 is 0 Å². The van der Waals surface area contributed by atoms with Crippen molar-refractivity contribution in [2.45, 2.75) is 26.7 Å². The number of anilines is 2. The van der Waals surface area contributed by atoms with E-state index in [0.29, 0.717) is 29.6 Å². The van der Waals surface area contributed by atoms with Crippen LogP contribution in [0.3, 0.4) is 0 Å².